The number of cyclic esters (lactones) is 1. The molecule has 1 aliphatic rings. The zero-order valence-electron chi connectivity index (χ0n) is 8.83. The first-order chi connectivity index (χ1) is 6.38. The summed E-state index contributed by atoms with van der Waals surface area (Å²) in [5.41, 5.74) is 0. The first-order valence-corrected chi connectivity index (χ1v) is 8.17. The highest BCUT2D eigenvalue weighted by Crippen LogP contribution is 2.14. The van der Waals surface area contributed by atoms with Crippen LogP contribution in [-0.2, 0) is 18.8 Å². The Hall–Kier alpha value is -0.683. The molecule has 5 heteroatoms. The minimum Gasteiger partial charge on any atom is -0.454 e. The Morgan fingerprint density at radius 2 is 2.07 bits per heavy atom. The lowest BCUT2D eigenvalue weighted by molar-refractivity contribution is -0.164. The van der Waals surface area contributed by atoms with Gasteiger partial charge in [0.2, 0.25) is 5.78 Å². The van der Waals surface area contributed by atoms with E-state index in [2.05, 4.69) is 19.6 Å². The number of Topliss-reactive ketones (excluding diaryl/α,β-unsaturated/α-hetero) is 1. The third-order valence-electron chi connectivity index (χ3n) is 1.90. The number of ketones is 1. The number of carbonyl (C=O) groups excluding carboxylic acids is 2. The van der Waals surface area contributed by atoms with Crippen molar-refractivity contribution in [3.63, 3.8) is 0 Å². The molecule has 1 atom stereocenters. The van der Waals surface area contributed by atoms with Crippen LogP contribution in [0.1, 0.15) is 12.8 Å². The Kier molecular flexibility index (Phi) is 3.44. The number of hydrogen-bond donors (Lipinski definition) is 0. The molecule has 0 aromatic rings. The van der Waals surface area contributed by atoms with Gasteiger partial charge in [-0.1, -0.05) is 0 Å². The van der Waals surface area contributed by atoms with Gasteiger partial charge in [-0.05, 0) is 26.1 Å². The van der Waals surface area contributed by atoms with Crippen LogP contribution < -0.4 is 0 Å². The number of rotatable bonds is 3. The van der Waals surface area contributed by atoms with E-state index in [0.29, 0.717) is 19.4 Å². The average Bonchev–Trinajstić information content (AvgIpc) is 2.06. The van der Waals surface area contributed by atoms with Crippen LogP contribution in [0.5, 0.6) is 0 Å². The van der Waals surface area contributed by atoms with E-state index in [1.54, 1.807) is 0 Å². The van der Waals surface area contributed by atoms with Crippen molar-refractivity contribution in [2.24, 2.45) is 0 Å². The fourth-order valence-corrected chi connectivity index (χ4v) is 1.82. The van der Waals surface area contributed by atoms with Crippen molar-refractivity contribution < 1.29 is 18.8 Å². The van der Waals surface area contributed by atoms with Crippen LogP contribution in [0.25, 0.3) is 0 Å². The summed E-state index contributed by atoms with van der Waals surface area (Å²) in [6.45, 7) is 6.64. The topological polar surface area (TPSA) is 52.6 Å². The highest BCUT2D eigenvalue weighted by Gasteiger charge is 2.29. The summed E-state index contributed by atoms with van der Waals surface area (Å²) < 4.78 is 10.5. The lowest BCUT2D eigenvalue weighted by Gasteiger charge is -2.25. The van der Waals surface area contributed by atoms with Gasteiger partial charge >= 0.3 is 5.97 Å². The molecule has 1 fully saturated rings. The van der Waals surface area contributed by atoms with E-state index in [4.69, 9.17) is 9.16 Å². The fourth-order valence-electron chi connectivity index (χ4n) is 1.13. The van der Waals surface area contributed by atoms with Gasteiger partial charge < -0.3 is 9.16 Å². The molecule has 0 aromatic carbocycles. The highest BCUT2D eigenvalue weighted by molar-refractivity contribution is 6.69. The van der Waals surface area contributed by atoms with Crippen molar-refractivity contribution in [1.82, 2.24) is 0 Å². The third-order valence-corrected chi connectivity index (χ3v) is 2.93. The normalized spacial score (nSPS) is 23.5. The van der Waals surface area contributed by atoms with Crippen LogP contribution >= 0.6 is 0 Å². The van der Waals surface area contributed by atoms with Gasteiger partial charge in [0.05, 0.1) is 6.61 Å². The number of ether oxygens (including phenoxy) is 1. The molecule has 0 saturated carbocycles. The quantitative estimate of drug-likeness (QED) is 0.403. The molecule has 1 saturated heterocycles. The second-order valence-corrected chi connectivity index (χ2v) is 8.93. The van der Waals surface area contributed by atoms with Crippen molar-refractivity contribution in [3.05, 3.63) is 0 Å². The Bertz CT molecular complexity index is 244. The second kappa shape index (κ2) is 4.23. The minimum atomic E-state index is -1.56. The predicted molar refractivity (Wildman–Crippen MR) is 53.4 cm³/mol. The van der Waals surface area contributed by atoms with Crippen molar-refractivity contribution in [2.75, 3.05) is 6.61 Å². The average molecular weight is 216 g/mol. The fraction of sp³-hybridized carbons (Fsp3) is 0.778. The first kappa shape index (κ1) is 11.4. The lowest BCUT2D eigenvalue weighted by atomic mass is 10.1. The third kappa shape index (κ3) is 3.59. The van der Waals surface area contributed by atoms with E-state index in [1.165, 1.54) is 0 Å². The molecule has 4 nitrogen and oxygen atoms in total. The minimum absolute atomic E-state index is 0.230. The molecular weight excluding hydrogens is 200 g/mol. The summed E-state index contributed by atoms with van der Waals surface area (Å²) >= 11 is 0. The molecule has 0 bridgehead atoms. The summed E-state index contributed by atoms with van der Waals surface area (Å²) in [5.74, 6) is -1.13. The Balaban J connectivity index is 2.34. The van der Waals surface area contributed by atoms with E-state index in [0.717, 1.165) is 0 Å². The molecule has 1 heterocycles. The number of esters is 1. The van der Waals surface area contributed by atoms with Gasteiger partial charge in [-0.3, -0.25) is 4.79 Å². The second-order valence-electron chi connectivity index (χ2n) is 4.41. The Labute approximate surface area is 84.7 Å². The Morgan fingerprint density at radius 3 is 2.57 bits per heavy atom. The van der Waals surface area contributed by atoms with Gasteiger partial charge in [0.1, 0.15) is 6.10 Å². The van der Waals surface area contributed by atoms with Gasteiger partial charge in [-0.25, -0.2) is 4.79 Å². The first-order valence-electron chi connectivity index (χ1n) is 4.76. The van der Waals surface area contributed by atoms with Crippen LogP contribution in [0.3, 0.4) is 0 Å². The summed E-state index contributed by atoms with van der Waals surface area (Å²) in [4.78, 5) is 21.7. The van der Waals surface area contributed by atoms with Crippen molar-refractivity contribution in [3.8, 4) is 0 Å². The summed E-state index contributed by atoms with van der Waals surface area (Å²) in [5, 5.41) is 0. The van der Waals surface area contributed by atoms with Crippen molar-refractivity contribution in [2.45, 2.75) is 38.6 Å². The maximum Gasteiger partial charge on any atom is 0.374 e. The number of hydrogen-bond acceptors (Lipinski definition) is 4. The van der Waals surface area contributed by atoms with Gasteiger partial charge in [0.25, 0.3) is 0 Å². The molecule has 1 aliphatic heterocycles. The zero-order valence-corrected chi connectivity index (χ0v) is 9.83. The molecule has 80 valence electrons. The van der Waals surface area contributed by atoms with Gasteiger partial charge in [-0.15, -0.1) is 0 Å². The van der Waals surface area contributed by atoms with Gasteiger partial charge in [-0.2, -0.15) is 0 Å². The van der Waals surface area contributed by atoms with Crippen LogP contribution in [0.2, 0.25) is 19.6 Å². The van der Waals surface area contributed by atoms with E-state index < -0.39 is 20.1 Å². The van der Waals surface area contributed by atoms with Crippen LogP contribution in [0.15, 0.2) is 0 Å². The van der Waals surface area contributed by atoms with E-state index in [1.807, 2.05) is 0 Å². The van der Waals surface area contributed by atoms with Crippen LogP contribution in [0, 0.1) is 0 Å². The molecule has 0 aromatic heterocycles. The van der Waals surface area contributed by atoms with Gasteiger partial charge in [0.15, 0.2) is 8.32 Å². The summed E-state index contributed by atoms with van der Waals surface area (Å²) in [7, 11) is -1.56. The monoisotopic (exact) mass is 216 g/mol. The molecule has 0 radical (unpaired) electrons. The lowest BCUT2D eigenvalue weighted by Crippen LogP contribution is -2.37. The molecule has 14 heavy (non-hydrogen) atoms. The zero-order chi connectivity index (χ0) is 10.8. The van der Waals surface area contributed by atoms with Crippen LogP contribution in [-0.4, -0.2) is 32.8 Å². The molecule has 0 spiro atoms. The molecular formula is C9H16O4Si. The largest absolute Gasteiger partial charge is 0.454 e. The predicted octanol–water partition coefficient (Wildman–Crippen LogP) is 1.11. The summed E-state index contributed by atoms with van der Waals surface area (Å²) in [6.07, 6.45) is 0.653. The highest BCUT2D eigenvalue weighted by atomic mass is 28.4. The number of carbonyl (C=O) groups is 2. The van der Waals surface area contributed by atoms with Gasteiger partial charge in [0, 0.05) is 6.42 Å². The van der Waals surface area contributed by atoms with E-state index in [-0.39, 0.29) is 6.10 Å². The summed E-state index contributed by atoms with van der Waals surface area (Å²) in [6, 6.07) is 0. The molecule has 0 N–H and O–H groups in total. The molecule has 1 rings (SSSR count). The molecule has 0 amide bonds. The van der Waals surface area contributed by atoms with Crippen molar-refractivity contribution in [1.29, 1.82) is 0 Å². The van der Waals surface area contributed by atoms with Crippen LogP contribution in [0.4, 0.5) is 0 Å². The maximum absolute atomic E-state index is 10.9. The van der Waals surface area contributed by atoms with E-state index in [9.17, 15) is 9.59 Å². The maximum atomic E-state index is 10.9. The molecule has 1 unspecified atom stereocenters. The standard InChI is InChI=1S/C9H16O4Si/c1-14(2,3)12-6-7-4-5-8(10)9(11)13-7/h7H,4-6H2,1-3H3. The van der Waals surface area contributed by atoms with Crippen molar-refractivity contribution >= 4 is 20.1 Å². The smallest absolute Gasteiger partial charge is 0.374 e. The van der Waals surface area contributed by atoms with E-state index >= 15 is 0 Å². The Morgan fingerprint density at radius 1 is 1.43 bits per heavy atom. The SMILES string of the molecule is C[Si](C)(C)OCC1CCC(=O)C(=O)O1. The molecule has 0 aliphatic carbocycles.